The zero-order chi connectivity index (χ0) is 26.8. The van der Waals surface area contributed by atoms with Gasteiger partial charge in [-0.1, -0.05) is 25.7 Å². The normalized spacial score (nSPS) is 25.1. The average Bonchev–Trinajstić information content (AvgIpc) is 3.39. The summed E-state index contributed by atoms with van der Waals surface area (Å²) in [4.78, 5) is 41.6. The number of esters is 2. The van der Waals surface area contributed by atoms with Gasteiger partial charge in [-0.2, -0.15) is 0 Å². The largest absolute Gasteiger partial charge is 0.493 e. The number of pyridine rings is 1. The van der Waals surface area contributed by atoms with Crippen LogP contribution in [0.5, 0.6) is 11.5 Å². The molecule has 3 rings (SSSR count). The van der Waals surface area contributed by atoms with Crippen molar-refractivity contribution in [1.29, 1.82) is 0 Å². The highest BCUT2D eigenvalue weighted by molar-refractivity contribution is 5.98. The Morgan fingerprint density at radius 3 is 2.49 bits per heavy atom. The Kier molecular flexibility index (Phi) is 10.9. The zero-order valence-corrected chi connectivity index (χ0v) is 22.0. The smallest absolute Gasteiger partial charge is 0.329 e. The Balaban J connectivity index is 1.73. The quantitative estimate of drug-likeness (QED) is 0.381. The molecule has 1 aromatic heterocycles. The molecule has 1 N–H and O–H groups in total. The van der Waals surface area contributed by atoms with Crippen molar-refractivity contribution in [3.8, 4) is 11.5 Å². The summed E-state index contributed by atoms with van der Waals surface area (Å²) in [6.45, 7) is 2.61. The molecule has 1 amide bonds. The predicted molar refractivity (Wildman–Crippen MR) is 131 cm³/mol. The number of carbonyl (C=O) groups excluding carboxylic acids is 3. The lowest BCUT2D eigenvalue weighted by Gasteiger charge is -2.34. The van der Waals surface area contributed by atoms with Crippen molar-refractivity contribution in [2.75, 3.05) is 21.0 Å². The Bertz CT molecular complexity index is 919. The molecule has 2 aliphatic rings. The van der Waals surface area contributed by atoms with Crippen molar-refractivity contribution in [1.82, 2.24) is 10.3 Å². The summed E-state index contributed by atoms with van der Waals surface area (Å²) >= 11 is 0. The van der Waals surface area contributed by atoms with Crippen LogP contribution in [0, 0.1) is 0 Å². The highest BCUT2D eigenvalue weighted by atomic mass is 16.7. The number of ether oxygens (including phenoxy) is 6. The molecular weight excluding hydrogens is 484 g/mol. The van der Waals surface area contributed by atoms with Crippen LogP contribution in [0.2, 0.25) is 0 Å². The van der Waals surface area contributed by atoms with Gasteiger partial charge in [0.1, 0.15) is 18.2 Å². The van der Waals surface area contributed by atoms with Crippen molar-refractivity contribution in [3.05, 3.63) is 18.0 Å². The Morgan fingerprint density at radius 2 is 1.81 bits per heavy atom. The number of carbonyl (C=O) groups is 3. The highest BCUT2D eigenvalue weighted by Crippen LogP contribution is 2.30. The third kappa shape index (κ3) is 8.03. The molecule has 2 fully saturated rings. The number of nitrogens with zero attached hydrogens (tertiary/aromatic N) is 1. The van der Waals surface area contributed by atoms with Gasteiger partial charge in [0.05, 0.1) is 19.3 Å². The number of aromatic nitrogens is 1. The van der Waals surface area contributed by atoms with Crippen molar-refractivity contribution < 1.29 is 42.8 Å². The first-order valence-corrected chi connectivity index (χ1v) is 12.8. The second kappa shape index (κ2) is 14.1. The molecule has 1 saturated heterocycles. The van der Waals surface area contributed by atoms with E-state index < -0.39 is 42.9 Å². The Labute approximate surface area is 217 Å². The van der Waals surface area contributed by atoms with Gasteiger partial charge in [0, 0.05) is 26.3 Å². The molecule has 1 saturated carbocycles. The molecule has 1 aliphatic carbocycles. The molecule has 2 heterocycles. The van der Waals surface area contributed by atoms with Crippen LogP contribution in [0.4, 0.5) is 0 Å². The van der Waals surface area contributed by atoms with Crippen LogP contribution in [0.15, 0.2) is 12.3 Å². The summed E-state index contributed by atoms with van der Waals surface area (Å²) in [5.41, 5.74) is -0.105. The maximum atomic E-state index is 13.2. The van der Waals surface area contributed by atoms with E-state index in [1.54, 1.807) is 14.0 Å². The second-order valence-corrected chi connectivity index (χ2v) is 9.32. The van der Waals surface area contributed by atoms with Crippen LogP contribution in [0.1, 0.15) is 75.7 Å². The fraction of sp³-hybridized carbons (Fsp3) is 0.692. The second-order valence-electron chi connectivity index (χ2n) is 9.32. The third-order valence-corrected chi connectivity index (χ3v) is 6.68. The molecule has 0 bridgehead atoms. The molecule has 11 heteroatoms. The van der Waals surface area contributed by atoms with E-state index in [-0.39, 0.29) is 29.4 Å². The van der Waals surface area contributed by atoms with Crippen molar-refractivity contribution in [2.45, 2.75) is 95.7 Å². The fourth-order valence-corrected chi connectivity index (χ4v) is 4.73. The molecule has 0 unspecified atom stereocenters. The van der Waals surface area contributed by atoms with E-state index in [9.17, 15) is 14.4 Å². The molecule has 37 heavy (non-hydrogen) atoms. The standard InChI is InChI=1S/C26H38N2O9/c1-16-23(37-18-9-5-6-10-18)20(32-3)12-8-7-11-19(26(31)36-16)28-25(30)22-24(35-15-34-17(2)29)21(33-4)13-14-27-22/h13-14,16,18-20,23H,5-12,15H2,1-4H3,(H,28,30)/t16-,19-,20-,23-/m0/s1. The van der Waals surface area contributed by atoms with Gasteiger partial charge in [0.2, 0.25) is 6.79 Å². The van der Waals surface area contributed by atoms with Crippen LogP contribution in [-0.2, 0) is 28.5 Å². The lowest BCUT2D eigenvalue weighted by Crippen LogP contribution is -2.48. The van der Waals surface area contributed by atoms with Gasteiger partial charge in [-0.15, -0.1) is 0 Å². The van der Waals surface area contributed by atoms with Crippen molar-refractivity contribution in [3.63, 3.8) is 0 Å². The summed E-state index contributed by atoms with van der Waals surface area (Å²) in [5.74, 6) is -1.51. The van der Waals surface area contributed by atoms with Crippen molar-refractivity contribution in [2.24, 2.45) is 0 Å². The minimum absolute atomic E-state index is 0.00156. The van der Waals surface area contributed by atoms with E-state index in [1.807, 2.05) is 0 Å². The summed E-state index contributed by atoms with van der Waals surface area (Å²) in [7, 11) is 3.06. The maximum Gasteiger partial charge on any atom is 0.329 e. The van der Waals surface area contributed by atoms with Crippen LogP contribution < -0.4 is 14.8 Å². The first-order chi connectivity index (χ1) is 17.8. The molecule has 4 atom stereocenters. The number of amides is 1. The fourth-order valence-electron chi connectivity index (χ4n) is 4.73. The lowest BCUT2D eigenvalue weighted by molar-refractivity contribution is -0.175. The number of rotatable bonds is 9. The van der Waals surface area contributed by atoms with Crippen molar-refractivity contribution >= 4 is 17.8 Å². The molecule has 0 radical (unpaired) electrons. The van der Waals surface area contributed by atoms with E-state index in [1.165, 1.54) is 26.3 Å². The maximum absolute atomic E-state index is 13.2. The van der Waals surface area contributed by atoms with Gasteiger partial charge in [-0.25, -0.2) is 9.78 Å². The number of hydrogen-bond donors (Lipinski definition) is 1. The number of methoxy groups -OCH3 is 2. The van der Waals surface area contributed by atoms with Gasteiger partial charge in [-0.05, 0) is 32.6 Å². The average molecular weight is 523 g/mol. The van der Waals surface area contributed by atoms with Crippen LogP contribution in [-0.4, -0.2) is 74.3 Å². The number of nitrogens with one attached hydrogen (secondary N) is 1. The minimum atomic E-state index is -0.893. The third-order valence-electron chi connectivity index (χ3n) is 6.68. The predicted octanol–water partition coefficient (Wildman–Crippen LogP) is 2.94. The summed E-state index contributed by atoms with van der Waals surface area (Å²) in [6.07, 6.45) is 7.21. The summed E-state index contributed by atoms with van der Waals surface area (Å²) in [6, 6.07) is 0.617. The lowest BCUT2D eigenvalue weighted by atomic mass is 9.98. The molecule has 0 aromatic carbocycles. The molecule has 11 nitrogen and oxygen atoms in total. The monoisotopic (exact) mass is 522 g/mol. The molecular formula is C26H38N2O9. The Morgan fingerprint density at radius 1 is 1.11 bits per heavy atom. The van der Waals surface area contributed by atoms with Crippen LogP contribution >= 0.6 is 0 Å². The molecule has 1 aromatic rings. The zero-order valence-electron chi connectivity index (χ0n) is 22.0. The SMILES string of the molecule is COc1ccnc(C(=O)N[C@H]2CCCC[C@H](OC)[C@@H](OC3CCCC3)[C@H](C)OC2=O)c1OCOC(C)=O. The van der Waals surface area contributed by atoms with E-state index in [4.69, 9.17) is 28.4 Å². The summed E-state index contributed by atoms with van der Waals surface area (Å²) in [5, 5.41) is 2.73. The topological polar surface area (TPSA) is 132 Å². The summed E-state index contributed by atoms with van der Waals surface area (Å²) < 4.78 is 33.5. The minimum Gasteiger partial charge on any atom is -0.493 e. The van der Waals surface area contributed by atoms with E-state index in [0.717, 1.165) is 38.5 Å². The number of cyclic esters (lactones) is 1. The van der Waals surface area contributed by atoms with Gasteiger partial charge in [0.15, 0.2) is 17.2 Å². The van der Waals surface area contributed by atoms with Gasteiger partial charge < -0.3 is 33.7 Å². The van der Waals surface area contributed by atoms with Crippen LogP contribution in [0.3, 0.4) is 0 Å². The molecule has 1 aliphatic heterocycles. The van der Waals surface area contributed by atoms with E-state index >= 15 is 0 Å². The van der Waals surface area contributed by atoms with E-state index in [2.05, 4.69) is 10.3 Å². The Hall–Kier alpha value is -2.92. The van der Waals surface area contributed by atoms with Crippen LogP contribution in [0.25, 0.3) is 0 Å². The van der Waals surface area contributed by atoms with E-state index in [0.29, 0.717) is 12.8 Å². The van der Waals surface area contributed by atoms with Gasteiger partial charge in [0.25, 0.3) is 5.91 Å². The first kappa shape index (κ1) is 28.6. The molecule has 206 valence electrons. The molecule has 0 spiro atoms. The van der Waals surface area contributed by atoms with Gasteiger partial charge >= 0.3 is 11.9 Å². The first-order valence-electron chi connectivity index (χ1n) is 12.8. The van der Waals surface area contributed by atoms with Gasteiger partial charge in [-0.3, -0.25) is 9.59 Å². The highest BCUT2D eigenvalue weighted by Gasteiger charge is 2.36. The number of hydrogen-bond acceptors (Lipinski definition) is 10.